The monoisotopic (exact) mass is 240 g/mol. The van der Waals surface area contributed by atoms with Gasteiger partial charge in [0.2, 0.25) is 0 Å². The highest BCUT2D eigenvalue weighted by molar-refractivity contribution is 6.02. The number of carbonyl (C=O) groups excluding carboxylic acids is 2. The van der Waals surface area contributed by atoms with Crippen molar-refractivity contribution in [3.05, 3.63) is 24.3 Å². The smallest absolute Gasteiger partial charge is 0.141 e. The van der Waals surface area contributed by atoms with E-state index in [-0.39, 0.29) is 23.7 Å². The highest BCUT2D eigenvalue weighted by Gasteiger charge is 2.63. The molecule has 92 valence electrons. The first-order valence-electron chi connectivity index (χ1n) is 7.20. The number of hydrogen-bond donors (Lipinski definition) is 0. The van der Waals surface area contributed by atoms with Crippen LogP contribution in [0, 0.1) is 47.3 Å². The van der Waals surface area contributed by atoms with E-state index in [1.807, 2.05) is 0 Å². The van der Waals surface area contributed by atoms with Crippen molar-refractivity contribution in [3.63, 3.8) is 0 Å². The molecule has 0 heterocycles. The summed E-state index contributed by atoms with van der Waals surface area (Å²) in [5.74, 6) is 2.53. The fraction of sp³-hybridized carbons (Fsp3) is 0.625. The van der Waals surface area contributed by atoms with Gasteiger partial charge in [-0.25, -0.2) is 0 Å². The molecule has 3 saturated carbocycles. The lowest BCUT2D eigenvalue weighted by molar-refractivity contribution is -0.148. The van der Waals surface area contributed by atoms with E-state index in [1.54, 1.807) is 0 Å². The van der Waals surface area contributed by atoms with Crippen LogP contribution in [0.1, 0.15) is 12.8 Å². The fourth-order valence-corrected chi connectivity index (χ4v) is 5.64. The molecule has 8 atom stereocenters. The van der Waals surface area contributed by atoms with Gasteiger partial charge in [-0.2, -0.15) is 0 Å². The van der Waals surface area contributed by atoms with Crippen molar-refractivity contribution >= 4 is 11.6 Å². The van der Waals surface area contributed by atoms with Gasteiger partial charge in [-0.05, 0) is 36.5 Å². The van der Waals surface area contributed by atoms with Gasteiger partial charge in [-0.15, -0.1) is 0 Å². The normalized spacial score (nSPS) is 58.4. The number of rotatable bonds is 0. The number of Topliss-reactive ketones (excluding diaryl/α,β-unsaturated/α-hetero) is 2. The first kappa shape index (κ1) is 9.71. The minimum Gasteiger partial charge on any atom is -0.299 e. The summed E-state index contributed by atoms with van der Waals surface area (Å²) in [4.78, 5) is 25.6. The molecule has 0 aromatic carbocycles. The van der Waals surface area contributed by atoms with Crippen LogP contribution in [0.2, 0.25) is 0 Å². The third kappa shape index (κ3) is 0.877. The summed E-state index contributed by atoms with van der Waals surface area (Å²) >= 11 is 0. The molecule has 4 unspecified atom stereocenters. The molecule has 0 N–H and O–H groups in total. The van der Waals surface area contributed by atoms with E-state index in [0.717, 1.165) is 12.8 Å². The molecule has 4 bridgehead atoms. The lowest BCUT2D eigenvalue weighted by atomic mass is 9.60. The van der Waals surface area contributed by atoms with Crippen molar-refractivity contribution in [1.82, 2.24) is 0 Å². The van der Waals surface area contributed by atoms with E-state index in [1.165, 1.54) is 0 Å². The summed E-state index contributed by atoms with van der Waals surface area (Å²) in [6.07, 6.45) is 10.9. The summed E-state index contributed by atoms with van der Waals surface area (Å²) in [5.41, 5.74) is 0. The van der Waals surface area contributed by atoms with Gasteiger partial charge in [0.15, 0.2) is 0 Å². The molecule has 0 radical (unpaired) electrons. The molecule has 2 heteroatoms. The fourth-order valence-electron chi connectivity index (χ4n) is 5.64. The Hall–Kier alpha value is -1.18. The van der Waals surface area contributed by atoms with Crippen LogP contribution < -0.4 is 0 Å². The van der Waals surface area contributed by atoms with E-state index in [2.05, 4.69) is 24.3 Å². The molecule has 0 aliphatic heterocycles. The Morgan fingerprint density at radius 1 is 0.611 bits per heavy atom. The van der Waals surface area contributed by atoms with Gasteiger partial charge in [0.1, 0.15) is 11.6 Å². The molecule has 0 spiro atoms. The molecule has 5 aliphatic rings. The zero-order valence-corrected chi connectivity index (χ0v) is 10.2. The molecule has 18 heavy (non-hydrogen) atoms. The zero-order valence-electron chi connectivity index (χ0n) is 10.2. The number of carbonyl (C=O) groups is 2. The minimum atomic E-state index is 0.0431. The largest absolute Gasteiger partial charge is 0.299 e. The molecule has 5 aliphatic carbocycles. The van der Waals surface area contributed by atoms with Crippen LogP contribution in [0.5, 0.6) is 0 Å². The quantitative estimate of drug-likeness (QED) is 0.607. The molecule has 2 nitrogen and oxygen atoms in total. The number of fused-ring (bicyclic) bond motifs is 10. The average molecular weight is 240 g/mol. The maximum atomic E-state index is 12.8. The molecule has 0 aromatic rings. The maximum Gasteiger partial charge on any atom is 0.141 e. The van der Waals surface area contributed by atoms with E-state index in [0.29, 0.717) is 35.2 Å². The van der Waals surface area contributed by atoms with Gasteiger partial charge in [-0.3, -0.25) is 9.59 Å². The Kier molecular flexibility index (Phi) is 1.55. The average Bonchev–Trinajstić information content (AvgIpc) is 3.10. The predicted octanol–water partition coefficient (Wildman–Crippen LogP) is 2.01. The Morgan fingerprint density at radius 2 is 0.889 bits per heavy atom. The summed E-state index contributed by atoms with van der Waals surface area (Å²) < 4.78 is 0. The van der Waals surface area contributed by atoms with E-state index >= 15 is 0 Å². The second-order valence-electron chi connectivity index (χ2n) is 6.80. The van der Waals surface area contributed by atoms with Crippen molar-refractivity contribution in [2.75, 3.05) is 0 Å². The number of ketones is 2. The second-order valence-corrected chi connectivity index (χ2v) is 6.80. The SMILES string of the molecule is O=C1C2C(C(=O)C3C1[C@H]1C=C[C@@H]3C1)[C@H]1C=C[C@@H]2C1. The molecule has 0 saturated heterocycles. The Balaban J connectivity index is 1.65. The minimum absolute atomic E-state index is 0.0431. The van der Waals surface area contributed by atoms with Crippen LogP contribution in [0.4, 0.5) is 0 Å². The van der Waals surface area contributed by atoms with Crippen LogP contribution in [0.15, 0.2) is 24.3 Å². The van der Waals surface area contributed by atoms with Crippen LogP contribution in [0.25, 0.3) is 0 Å². The standard InChI is InChI=1S/C16H16O2/c17-15-11-7-1-2-8(5-7)12(11)16(18)14-10-4-3-9(6-10)13(14)15/h1-4,7-14H,5-6H2/t7-,8+,9+,10-,11?,12?,13?,14?. The number of hydrogen-bond acceptors (Lipinski definition) is 2. The summed E-state index contributed by atoms with van der Waals surface area (Å²) in [6, 6.07) is 0. The van der Waals surface area contributed by atoms with Gasteiger partial charge < -0.3 is 0 Å². The predicted molar refractivity (Wildman–Crippen MR) is 65.4 cm³/mol. The Bertz CT molecular complexity index is 441. The lowest BCUT2D eigenvalue weighted by Crippen LogP contribution is -2.50. The lowest BCUT2D eigenvalue weighted by Gasteiger charge is -2.40. The topological polar surface area (TPSA) is 34.1 Å². The third-order valence-electron chi connectivity index (χ3n) is 6.23. The van der Waals surface area contributed by atoms with Gasteiger partial charge in [0.05, 0.1) is 0 Å². The Morgan fingerprint density at radius 3 is 1.17 bits per heavy atom. The van der Waals surface area contributed by atoms with Crippen LogP contribution in [-0.2, 0) is 9.59 Å². The van der Waals surface area contributed by atoms with Crippen LogP contribution in [0.3, 0.4) is 0 Å². The molecular formula is C16H16O2. The van der Waals surface area contributed by atoms with Crippen molar-refractivity contribution in [2.45, 2.75) is 12.8 Å². The highest BCUT2D eigenvalue weighted by atomic mass is 16.1. The van der Waals surface area contributed by atoms with Crippen molar-refractivity contribution in [3.8, 4) is 0 Å². The second kappa shape index (κ2) is 2.87. The third-order valence-corrected chi connectivity index (χ3v) is 6.23. The van der Waals surface area contributed by atoms with Gasteiger partial charge in [0, 0.05) is 23.7 Å². The molecule has 5 rings (SSSR count). The van der Waals surface area contributed by atoms with Crippen molar-refractivity contribution in [2.24, 2.45) is 47.3 Å². The van der Waals surface area contributed by atoms with Crippen LogP contribution >= 0.6 is 0 Å². The zero-order chi connectivity index (χ0) is 12.0. The van der Waals surface area contributed by atoms with Crippen LogP contribution in [-0.4, -0.2) is 11.6 Å². The summed E-state index contributed by atoms with van der Waals surface area (Å²) in [7, 11) is 0. The van der Waals surface area contributed by atoms with E-state index < -0.39 is 0 Å². The summed E-state index contributed by atoms with van der Waals surface area (Å²) in [5, 5.41) is 0. The highest BCUT2D eigenvalue weighted by Crippen LogP contribution is 2.60. The van der Waals surface area contributed by atoms with E-state index in [9.17, 15) is 9.59 Å². The van der Waals surface area contributed by atoms with Crippen molar-refractivity contribution in [1.29, 1.82) is 0 Å². The van der Waals surface area contributed by atoms with Gasteiger partial charge >= 0.3 is 0 Å². The van der Waals surface area contributed by atoms with Crippen molar-refractivity contribution < 1.29 is 9.59 Å². The molecular weight excluding hydrogens is 224 g/mol. The first-order chi connectivity index (χ1) is 8.75. The summed E-state index contributed by atoms with van der Waals surface area (Å²) in [6.45, 7) is 0. The first-order valence-corrected chi connectivity index (χ1v) is 7.20. The van der Waals surface area contributed by atoms with Gasteiger partial charge in [-0.1, -0.05) is 24.3 Å². The Labute approximate surface area is 106 Å². The van der Waals surface area contributed by atoms with Gasteiger partial charge in [0.25, 0.3) is 0 Å². The maximum absolute atomic E-state index is 12.8. The molecule has 3 fully saturated rings. The number of allylic oxidation sites excluding steroid dienone is 4. The molecule has 0 aromatic heterocycles. The molecule has 0 amide bonds. The van der Waals surface area contributed by atoms with E-state index in [4.69, 9.17) is 0 Å².